The van der Waals surface area contributed by atoms with Crippen molar-refractivity contribution in [1.82, 2.24) is 4.90 Å². The lowest BCUT2D eigenvalue weighted by atomic mass is 9.72. The fourth-order valence-corrected chi connectivity index (χ4v) is 5.16. The van der Waals surface area contributed by atoms with E-state index >= 15 is 0 Å². The molecule has 0 fully saturated rings. The van der Waals surface area contributed by atoms with E-state index in [4.69, 9.17) is 0 Å². The summed E-state index contributed by atoms with van der Waals surface area (Å²) in [5.41, 5.74) is 6.66. The fourth-order valence-electron chi connectivity index (χ4n) is 5.16. The monoisotopic (exact) mass is 427 g/mol. The summed E-state index contributed by atoms with van der Waals surface area (Å²) in [6, 6.07) is 15.5. The molecule has 1 aliphatic heterocycles. The van der Waals surface area contributed by atoms with Gasteiger partial charge in [-0.25, -0.2) is 0 Å². The Labute approximate surface area is 191 Å². The van der Waals surface area contributed by atoms with Crippen LogP contribution in [0, 0.1) is 5.41 Å². The van der Waals surface area contributed by atoms with Crippen LogP contribution in [0.15, 0.2) is 65.8 Å². The number of carbonyl (C=O) groups is 2. The van der Waals surface area contributed by atoms with E-state index < -0.39 is 0 Å². The van der Waals surface area contributed by atoms with Crippen LogP contribution in [-0.4, -0.2) is 22.8 Å². The molecule has 32 heavy (non-hydrogen) atoms. The molecule has 0 aromatic heterocycles. The van der Waals surface area contributed by atoms with Crippen molar-refractivity contribution in [2.24, 2.45) is 5.41 Å². The van der Waals surface area contributed by atoms with Gasteiger partial charge >= 0.3 is 0 Å². The zero-order valence-electron chi connectivity index (χ0n) is 19.7. The summed E-state index contributed by atoms with van der Waals surface area (Å²) < 4.78 is 0. The highest BCUT2D eigenvalue weighted by Gasteiger charge is 2.37. The average molecular weight is 428 g/mol. The Bertz CT molecular complexity index is 1070. The van der Waals surface area contributed by atoms with E-state index in [1.807, 2.05) is 19.1 Å². The fraction of sp³-hybridized carbons (Fsp3) is 0.379. The van der Waals surface area contributed by atoms with Gasteiger partial charge in [-0.05, 0) is 80.2 Å². The Balaban J connectivity index is 1.43. The maximum Gasteiger partial charge on any atom is 0.261 e. The molecule has 1 atom stereocenters. The van der Waals surface area contributed by atoms with Crippen LogP contribution in [0.4, 0.5) is 0 Å². The Morgan fingerprint density at radius 2 is 1.69 bits per heavy atom. The highest BCUT2D eigenvalue weighted by atomic mass is 16.2. The van der Waals surface area contributed by atoms with Crippen molar-refractivity contribution in [2.75, 3.05) is 0 Å². The third kappa shape index (κ3) is 4.34. The first-order valence-electron chi connectivity index (χ1n) is 11.7. The van der Waals surface area contributed by atoms with Gasteiger partial charge in [-0.15, -0.1) is 0 Å². The smallest absolute Gasteiger partial charge is 0.261 e. The lowest BCUT2D eigenvalue weighted by Crippen LogP contribution is -2.38. The van der Waals surface area contributed by atoms with E-state index in [1.165, 1.54) is 46.4 Å². The molecular weight excluding hydrogens is 394 g/mol. The molecule has 0 bridgehead atoms. The van der Waals surface area contributed by atoms with Gasteiger partial charge in [0.25, 0.3) is 11.8 Å². The molecule has 2 aromatic carbocycles. The van der Waals surface area contributed by atoms with Crippen molar-refractivity contribution in [3.8, 4) is 0 Å². The van der Waals surface area contributed by atoms with Gasteiger partial charge in [0.1, 0.15) is 0 Å². The maximum atomic E-state index is 12.7. The van der Waals surface area contributed by atoms with Crippen molar-refractivity contribution >= 4 is 17.9 Å². The minimum Gasteiger partial charge on any atom is -0.271 e. The number of amides is 2. The molecule has 166 valence electrons. The van der Waals surface area contributed by atoms with Crippen molar-refractivity contribution < 1.29 is 9.59 Å². The van der Waals surface area contributed by atoms with Gasteiger partial charge in [-0.1, -0.05) is 68.0 Å². The van der Waals surface area contributed by atoms with Gasteiger partial charge < -0.3 is 0 Å². The molecule has 1 heterocycles. The summed E-state index contributed by atoms with van der Waals surface area (Å²) in [4.78, 5) is 26.9. The van der Waals surface area contributed by atoms with Crippen molar-refractivity contribution in [1.29, 1.82) is 0 Å². The highest BCUT2D eigenvalue weighted by Crippen LogP contribution is 2.41. The number of imide groups is 1. The van der Waals surface area contributed by atoms with Gasteiger partial charge in [0.05, 0.1) is 11.1 Å². The Morgan fingerprint density at radius 3 is 2.34 bits per heavy atom. The van der Waals surface area contributed by atoms with Crippen LogP contribution in [0.3, 0.4) is 0 Å². The number of aryl methyl sites for hydroxylation is 1. The van der Waals surface area contributed by atoms with Gasteiger partial charge in [-0.3, -0.25) is 14.5 Å². The van der Waals surface area contributed by atoms with Crippen LogP contribution < -0.4 is 0 Å². The van der Waals surface area contributed by atoms with Crippen LogP contribution in [0.2, 0.25) is 0 Å². The molecule has 3 nitrogen and oxygen atoms in total. The van der Waals surface area contributed by atoms with E-state index in [1.54, 1.807) is 12.1 Å². The molecule has 1 aliphatic carbocycles. The zero-order valence-corrected chi connectivity index (χ0v) is 19.7. The van der Waals surface area contributed by atoms with E-state index in [-0.39, 0.29) is 23.3 Å². The standard InChI is InChI=1S/C29H33NO2/c1-20-9-8-18-29(3,4)26(20)17-16-23-11-7-10-22(19-23)15-14-21(2)30-27(31)24-12-5-6-13-25(24)28(30)32/h5-7,10-13,16-17,19,21H,8-9,14-15,18H2,1-4H3. The van der Waals surface area contributed by atoms with E-state index in [0.717, 1.165) is 12.8 Å². The summed E-state index contributed by atoms with van der Waals surface area (Å²) in [6.07, 6.45) is 9.80. The summed E-state index contributed by atoms with van der Waals surface area (Å²) in [5, 5.41) is 0. The molecule has 4 rings (SSSR count). The minimum absolute atomic E-state index is 0.141. The van der Waals surface area contributed by atoms with Gasteiger partial charge in [0.2, 0.25) is 0 Å². The first-order chi connectivity index (χ1) is 15.3. The zero-order chi connectivity index (χ0) is 22.9. The van der Waals surface area contributed by atoms with Crippen molar-refractivity contribution in [2.45, 2.75) is 65.8 Å². The number of hydrogen-bond acceptors (Lipinski definition) is 2. The molecule has 2 aliphatic rings. The SMILES string of the molecule is CC1=C(C=Cc2cccc(CCC(C)N3C(=O)c4ccccc4C3=O)c2)C(C)(C)CCC1. The van der Waals surface area contributed by atoms with Crippen molar-refractivity contribution in [3.63, 3.8) is 0 Å². The largest absolute Gasteiger partial charge is 0.271 e. The van der Waals surface area contributed by atoms with E-state index in [9.17, 15) is 9.59 Å². The second-order valence-electron chi connectivity index (χ2n) is 9.92. The number of fused-ring (bicyclic) bond motifs is 1. The lowest BCUT2D eigenvalue weighted by Gasteiger charge is -2.32. The van der Waals surface area contributed by atoms with Gasteiger partial charge in [0, 0.05) is 6.04 Å². The van der Waals surface area contributed by atoms with E-state index in [2.05, 4.69) is 57.2 Å². The number of allylic oxidation sites excluding steroid dienone is 3. The topological polar surface area (TPSA) is 37.4 Å². The maximum absolute atomic E-state index is 12.7. The third-order valence-electron chi connectivity index (χ3n) is 7.05. The summed E-state index contributed by atoms with van der Waals surface area (Å²) >= 11 is 0. The molecule has 1 unspecified atom stereocenters. The molecule has 0 saturated heterocycles. The first kappa shape index (κ1) is 22.3. The molecule has 3 heteroatoms. The van der Waals surface area contributed by atoms with E-state index in [0.29, 0.717) is 11.1 Å². The number of benzene rings is 2. The summed E-state index contributed by atoms with van der Waals surface area (Å²) in [7, 11) is 0. The van der Waals surface area contributed by atoms with Crippen LogP contribution in [-0.2, 0) is 6.42 Å². The third-order valence-corrected chi connectivity index (χ3v) is 7.05. The predicted octanol–water partition coefficient (Wildman–Crippen LogP) is 6.84. The van der Waals surface area contributed by atoms with Crippen molar-refractivity contribution in [3.05, 3.63) is 88.0 Å². The molecule has 0 saturated carbocycles. The lowest BCUT2D eigenvalue weighted by molar-refractivity contribution is 0.0590. The summed E-state index contributed by atoms with van der Waals surface area (Å²) in [5.74, 6) is -0.345. The average Bonchev–Trinajstić information content (AvgIpc) is 3.02. The molecular formula is C29H33NO2. The second-order valence-corrected chi connectivity index (χ2v) is 9.92. The first-order valence-corrected chi connectivity index (χ1v) is 11.7. The Kier molecular flexibility index (Phi) is 6.19. The van der Waals surface area contributed by atoms with Crippen LogP contribution >= 0.6 is 0 Å². The minimum atomic E-state index is -0.173. The molecule has 0 N–H and O–H groups in total. The predicted molar refractivity (Wildman–Crippen MR) is 131 cm³/mol. The molecule has 2 aromatic rings. The van der Waals surface area contributed by atoms with Crippen LogP contribution in [0.5, 0.6) is 0 Å². The molecule has 0 spiro atoms. The second kappa shape index (κ2) is 8.90. The van der Waals surface area contributed by atoms with Crippen LogP contribution in [0.1, 0.15) is 85.2 Å². The quantitative estimate of drug-likeness (QED) is 0.473. The van der Waals surface area contributed by atoms with Gasteiger partial charge in [-0.2, -0.15) is 0 Å². The number of hydrogen-bond donors (Lipinski definition) is 0. The van der Waals surface area contributed by atoms with Crippen LogP contribution in [0.25, 0.3) is 6.08 Å². The Morgan fingerprint density at radius 1 is 1.00 bits per heavy atom. The highest BCUT2D eigenvalue weighted by molar-refractivity contribution is 6.21. The molecule has 0 radical (unpaired) electrons. The number of carbonyl (C=O) groups excluding carboxylic acids is 2. The summed E-state index contributed by atoms with van der Waals surface area (Å²) in [6.45, 7) is 8.90. The Hall–Kier alpha value is -2.94. The normalized spacial score (nSPS) is 19.1. The number of rotatable bonds is 6. The number of nitrogens with zero attached hydrogens (tertiary/aromatic N) is 1. The van der Waals surface area contributed by atoms with Gasteiger partial charge in [0.15, 0.2) is 0 Å². The molecule has 2 amide bonds.